The highest BCUT2D eigenvalue weighted by molar-refractivity contribution is 7.93. The van der Waals surface area contributed by atoms with E-state index in [2.05, 4.69) is 5.10 Å². The van der Waals surface area contributed by atoms with Crippen LogP contribution in [0.3, 0.4) is 0 Å². The lowest BCUT2D eigenvalue weighted by Gasteiger charge is -2.35. The molecule has 0 aliphatic carbocycles. The second kappa shape index (κ2) is 11.7. The number of carbonyl (C=O) groups excluding carboxylic acids is 1. The van der Waals surface area contributed by atoms with Crippen molar-refractivity contribution in [2.24, 2.45) is 0 Å². The zero-order chi connectivity index (χ0) is 29.3. The molecular weight excluding hydrogens is 573 g/mol. The molecule has 9 nitrogen and oxygen atoms in total. The highest BCUT2D eigenvalue weighted by Gasteiger charge is 2.40. The molecule has 0 amide bonds. The third-order valence-corrected chi connectivity index (χ3v) is 9.47. The van der Waals surface area contributed by atoms with Gasteiger partial charge in [-0.25, -0.2) is 12.8 Å². The maximum Gasteiger partial charge on any atom is 0.305 e. The van der Waals surface area contributed by atoms with Gasteiger partial charge in [-0.3, -0.25) is 13.8 Å². The second-order valence-corrected chi connectivity index (χ2v) is 12.2. The summed E-state index contributed by atoms with van der Waals surface area (Å²) in [5.74, 6) is -0.484. The molecule has 0 N–H and O–H groups in total. The van der Waals surface area contributed by atoms with Crippen LogP contribution in [0.15, 0.2) is 41.3 Å². The number of methoxy groups -OCH3 is 2. The normalized spacial score (nSPS) is 17.0. The molecule has 5 rings (SSSR count). The molecule has 0 spiro atoms. The first-order valence-electron chi connectivity index (χ1n) is 13.3. The standard InChI is InChI=1S/C29H31ClFN3O6S/c1-18(27-21(30)7-6-8-22(27)31)15-19-10-12-25-24(16-19)34(17-20(40-25)11-13-26(35)38-2)41(36,37)28-23-9-4-5-14-33(23)32-29(28)39-3/h6-8,10,12,15-16,20H,4-5,9,11,13-14,17H2,1-3H3/b18-15+. The van der Waals surface area contributed by atoms with Gasteiger partial charge in [0, 0.05) is 18.5 Å². The second-order valence-electron chi connectivity index (χ2n) is 10.0. The Morgan fingerprint density at radius 2 is 2.05 bits per heavy atom. The maximum absolute atomic E-state index is 14.6. The number of aromatic nitrogens is 2. The van der Waals surface area contributed by atoms with E-state index < -0.39 is 27.9 Å². The smallest absolute Gasteiger partial charge is 0.305 e. The van der Waals surface area contributed by atoms with Gasteiger partial charge in [0.15, 0.2) is 4.90 Å². The van der Waals surface area contributed by atoms with E-state index in [0.29, 0.717) is 41.2 Å². The minimum absolute atomic E-state index is 0.0363. The Morgan fingerprint density at radius 1 is 1.24 bits per heavy atom. The van der Waals surface area contributed by atoms with Crippen LogP contribution in [0.4, 0.5) is 10.1 Å². The number of esters is 1. The molecule has 2 aromatic carbocycles. The lowest BCUT2D eigenvalue weighted by atomic mass is 10.0. The molecule has 2 aliphatic rings. The monoisotopic (exact) mass is 603 g/mol. The van der Waals surface area contributed by atoms with Crippen LogP contribution in [0, 0.1) is 5.82 Å². The van der Waals surface area contributed by atoms with Gasteiger partial charge in [-0.2, -0.15) is 0 Å². The minimum Gasteiger partial charge on any atom is -0.486 e. The lowest BCUT2D eigenvalue weighted by Crippen LogP contribution is -2.44. The SMILES string of the molecule is COC(=O)CCC1CN(S(=O)(=O)c2c(OC)nn3c2CCCC3)c2cc(/C=C(\C)c3c(F)cccc3Cl)ccc2O1. The first kappa shape index (κ1) is 28.9. The quantitative estimate of drug-likeness (QED) is 0.248. The molecule has 218 valence electrons. The third-order valence-electron chi connectivity index (χ3n) is 7.31. The molecule has 0 fully saturated rings. The summed E-state index contributed by atoms with van der Waals surface area (Å²) in [6, 6.07) is 9.60. The Balaban J connectivity index is 1.60. The Labute approximate surface area is 243 Å². The zero-order valence-electron chi connectivity index (χ0n) is 23.0. The highest BCUT2D eigenvalue weighted by Crippen LogP contribution is 2.42. The third kappa shape index (κ3) is 5.65. The number of halogens is 2. The Kier molecular flexibility index (Phi) is 8.28. The van der Waals surface area contributed by atoms with Crippen molar-refractivity contribution in [2.45, 2.75) is 56.6 Å². The van der Waals surface area contributed by atoms with Crippen molar-refractivity contribution >= 4 is 44.9 Å². The largest absolute Gasteiger partial charge is 0.486 e. The summed E-state index contributed by atoms with van der Waals surface area (Å²) >= 11 is 6.27. The van der Waals surface area contributed by atoms with E-state index in [1.165, 1.54) is 30.7 Å². The number of fused-ring (bicyclic) bond motifs is 2. The molecule has 2 aliphatic heterocycles. The van der Waals surface area contributed by atoms with Crippen LogP contribution in [-0.2, 0) is 32.5 Å². The van der Waals surface area contributed by atoms with Crippen molar-refractivity contribution < 1.29 is 31.8 Å². The average molecular weight is 604 g/mol. The number of allylic oxidation sites excluding steroid dienone is 1. The first-order chi connectivity index (χ1) is 19.6. The molecule has 0 saturated carbocycles. The molecule has 0 saturated heterocycles. The van der Waals surface area contributed by atoms with Crippen LogP contribution in [0.25, 0.3) is 11.6 Å². The number of ether oxygens (including phenoxy) is 3. The van der Waals surface area contributed by atoms with Gasteiger partial charge in [0.1, 0.15) is 17.7 Å². The van der Waals surface area contributed by atoms with E-state index in [9.17, 15) is 17.6 Å². The van der Waals surface area contributed by atoms with Crippen LogP contribution in [0.2, 0.25) is 5.02 Å². The summed E-state index contributed by atoms with van der Waals surface area (Å²) < 4.78 is 62.8. The summed E-state index contributed by atoms with van der Waals surface area (Å²) in [4.78, 5) is 11.9. The molecule has 0 bridgehead atoms. The van der Waals surface area contributed by atoms with Crippen molar-refractivity contribution in [3.8, 4) is 11.6 Å². The summed E-state index contributed by atoms with van der Waals surface area (Å²) in [7, 11) is -1.47. The van der Waals surface area contributed by atoms with Crippen molar-refractivity contribution in [3.63, 3.8) is 0 Å². The summed E-state index contributed by atoms with van der Waals surface area (Å²) in [5.41, 5.74) is 2.39. The van der Waals surface area contributed by atoms with E-state index in [-0.39, 0.29) is 40.7 Å². The summed E-state index contributed by atoms with van der Waals surface area (Å²) in [6.07, 6.45) is 3.75. The molecule has 1 unspecified atom stereocenters. The number of rotatable bonds is 8. The van der Waals surface area contributed by atoms with Crippen molar-refractivity contribution in [1.82, 2.24) is 9.78 Å². The van der Waals surface area contributed by atoms with E-state index in [0.717, 1.165) is 12.8 Å². The first-order valence-corrected chi connectivity index (χ1v) is 15.1. The van der Waals surface area contributed by atoms with E-state index in [4.69, 9.17) is 25.8 Å². The van der Waals surface area contributed by atoms with Crippen LogP contribution in [-0.4, -0.2) is 51.0 Å². The predicted octanol–water partition coefficient (Wildman–Crippen LogP) is 5.49. The van der Waals surface area contributed by atoms with Gasteiger partial charge in [-0.15, -0.1) is 5.10 Å². The van der Waals surface area contributed by atoms with Gasteiger partial charge in [-0.1, -0.05) is 29.8 Å². The Bertz CT molecular complexity index is 1600. The summed E-state index contributed by atoms with van der Waals surface area (Å²) in [5, 5.41) is 4.70. The van der Waals surface area contributed by atoms with Crippen molar-refractivity contribution in [2.75, 3.05) is 25.1 Å². The van der Waals surface area contributed by atoms with Crippen molar-refractivity contribution in [3.05, 3.63) is 64.1 Å². The number of aryl methyl sites for hydroxylation is 1. The van der Waals surface area contributed by atoms with Gasteiger partial charge in [0.25, 0.3) is 15.9 Å². The maximum atomic E-state index is 14.6. The van der Waals surface area contributed by atoms with Gasteiger partial charge >= 0.3 is 5.97 Å². The topological polar surface area (TPSA) is 100.0 Å². The molecule has 12 heteroatoms. The van der Waals surface area contributed by atoms with Crippen LogP contribution < -0.4 is 13.8 Å². The fourth-order valence-corrected chi connectivity index (χ4v) is 7.46. The number of nitrogens with zero attached hydrogens (tertiary/aromatic N) is 3. The number of benzene rings is 2. The van der Waals surface area contributed by atoms with Gasteiger partial charge < -0.3 is 14.2 Å². The molecular formula is C29H31ClFN3O6S. The average Bonchev–Trinajstić information content (AvgIpc) is 3.35. The molecule has 41 heavy (non-hydrogen) atoms. The predicted molar refractivity (Wildman–Crippen MR) is 153 cm³/mol. The number of hydrogen-bond donors (Lipinski definition) is 0. The van der Waals surface area contributed by atoms with Crippen LogP contribution in [0.5, 0.6) is 11.6 Å². The number of hydrogen-bond acceptors (Lipinski definition) is 7. The minimum atomic E-state index is -4.18. The van der Waals surface area contributed by atoms with Crippen molar-refractivity contribution in [1.29, 1.82) is 0 Å². The van der Waals surface area contributed by atoms with E-state index in [1.807, 2.05) is 0 Å². The number of carbonyl (C=O) groups is 1. The Morgan fingerprint density at radius 3 is 2.78 bits per heavy atom. The molecule has 1 atom stereocenters. The molecule has 3 aromatic rings. The van der Waals surface area contributed by atoms with E-state index >= 15 is 0 Å². The van der Waals surface area contributed by atoms with Crippen LogP contribution in [0.1, 0.15) is 49.4 Å². The van der Waals surface area contributed by atoms with Gasteiger partial charge in [-0.05, 0) is 68.0 Å². The fourth-order valence-electron chi connectivity index (χ4n) is 5.31. The number of sulfonamides is 1. The molecule has 1 aromatic heterocycles. The summed E-state index contributed by atoms with van der Waals surface area (Å²) in [6.45, 7) is 2.31. The zero-order valence-corrected chi connectivity index (χ0v) is 24.6. The van der Waals surface area contributed by atoms with Gasteiger partial charge in [0.05, 0.1) is 37.2 Å². The van der Waals surface area contributed by atoms with Gasteiger partial charge in [0.2, 0.25) is 0 Å². The highest BCUT2D eigenvalue weighted by atomic mass is 35.5. The molecule has 3 heterocycles. The van der Waals surface area contributed by atoms with E-state index in [1.54, 1.807) is 41.9 Å². The fraction of sp³-hybridized carbons (Fsp3) is 0.379. The molecule has 0 radical (unpaired) electrons. The lowest BCUT2D eigenvalue weighted by molar-refractivity contribution is -0.141. The Hall–Kier alpha value is -3.57. The number of anilines is 1. The van der Waals surface area contributed by atoms with Crippen LogP contribution >= 0.6 is 11.6 Å².